The average Bonchev–Trinajstić information content (AvgIpc) is 2.29. The van der Waals surface area contributed by atoms with E-state index in [2.05, 4.69) is 0 Å². The van der Waals surface area contributed by atoms with Crippen molar-refractivity contribution in [1.29, 1.82) is 21.0 Å². The zero-order valence-electron chi connectivity index (χ0n) is 9.20. The van der Waals surface area contributed by atoms with Gasteiger partial charge in [0.1, 0.15) is 35.4 Å². The van der Waals surface area contributed by atoms with Crippen LogP contribution in [-0.4, -0.2) is 0 Å². The van der Waals surface area contributed by atoms with E-state index >= 15 is 0 Å². The van der Waals surface area contributed by atoms with Gasteiger partial charge >= 0.3 is 0 Å². The third kappa shape index (κ3) is 3.67. The molecule has 0 saturated heterocycles. The van der Waals surface area contributed by atoms with E-state index in [9.17, 15) is 0 Å². The summed E-state index contributed by atoms with van der Waals surface area (Å²) in [7, 11) is 0. The molecule has 0 atom stereocenters. The average molecular weight is 210 g/mol. The third-order valence-electron chi connectivity index (χ3n) is 2.18. The van der Waals surface area contributed by atoms with Crippen molar-refractivity contribution in [2.45, 2.75) is 26.7 Å². The Labute approximate surface area is 94.9 Å². The number of nitrogens with zero attached hydrogens (tertiary/aromatic N) is 4. The van der Waals surface area contributed by atoms with Crippen LogP contribution in [0.3, 0.4) is 0 Å². The predicted octanol–water partition coefficient (Wildman–Crippen LogP) is 2.49. The summed E-state index contributed by atoms with van der Waals surface area (Å²) in [6, 6.07) is 7.22. The van der Waals surface area contributed by atoms with E-state index in [1.165, 1.54) is 0 Å². The largest absolute Gasteiger partial charge is 0.192 e. The summed E-state index contributed by atoms with van der Waals surface area (Å²) in [5, 5.41) is 34.5. The van der Waals surface area contributed by atoms with Crippen molar-refractivity contribution in [1.82, 2.24) is 0 Å². The summed E-state index contributed by atoms with van der Waals surface area (Å²) in [5.41, 5.74) is 1.56. The van der Waals surface area contributed by atoms with Gasteiger partial charge in [-0.15, -0.1) is 0 Å². The molecule has 0 amide bonds. The van der Waals surface area contributed by atoms with Crippen LogP contribution in [0.25, 0.3) is 0 Å². The van der Waals surface area contributed by atoms with E-state index in [4.69, 9.17) is 21.0 Å². The lowest BCUT2D eigenvalue weighted by molar-refractivity contribution is 0.914. The fourth-order valence-corrected chi connectivity index (χ4v) is 1.06. The van der Waals surface area contributed by atoms with Crippen LogP contribution < -0.4 is 0 Å². The van der Waals surface area contributed by atoms with Crippen molar-refractivity contribution < 1.29 is 0 Å². The van der Waals surface area contributed by atoms with Crippen LogP contribution in [0.15, 0.2) is 22.3 Å². The summed E-state index contributed by atoms with van der Waals surface area (Å²) < 4.78 is 0. The SMILES string of the molecule is CC(CCC(C)=C(C#N)C#N)=C(C#N)C#N. The lowest BCUT2D eigenvalue weighted by Crippen LogP contribution is -1.88. The molecule has 0 fully saturated rings. The molecule has 0 aliphatic carbocycles. The fraction of sp³-hybridized carbons (Fsp3) is 0.333. The number of rotatable bonds is 3. The maximum atomic E-state index is 8.62. The highest BCUT2D eigenvalue weighted by atomic mass is 14.3. The Morgan fingerprint density at radius 2 is 0.938 bits per heavy atom. The Kier molecular flexibility index (Phi) is 5.74. The number of hydrogen-bond acceptors (Lipinski definition) is 4. The van der Waals surface area contributed by atoms with Crippen molar-refractivity contribution in [3.05, 3.63) is 22.3 Å². The van der Waals surface area contributed by atoms with Gasteiger partial charge in [-0.25, -0.2) is 0 Å². The molecule has 0 unspecified atom stereocenters. The van der Waals surface area contributed by atoms with Gasteiger partial charge in [-0.3, -0.25) is 0 Å². The molecule has 0 N–H and O–H groups in total. The van der Waals surface area contributed by atoms with Crippen LogP contribution >= 0.6 is 0 Å². The minimum atomic E-state index is 0.100. The smallest absolute Gasteiger partial charge is 0.128 e. The maximum absolute atomic E-state index is 8.62. The molecule has 0 aliphatic heterocycles. The molecule has 4 nitrogen and oxygen atoms in total. The molecule has 4 heteroatoms. The van der Waals surface area contributed by atoms with Gasteiger partial charge in [-0.05, 0) is 37.8 Å². The topological polar surface area (TPSA) is 95.2 Å². The van der Waals surface area contributed by atoms with E-state index in [1.54, 1.807) is 38.1 Å². The van der Waals surface area contributed by atoms with Gasteiger partial charge in [-0.2, -0.15) is 21.0 Å². The van der Waals surface area contributed by atoms with Gasteiger partial charge in [0.05, 0.1) is 0 Å². The van der Waals surface area contributed by atoms with Crippen LogP contribution in [0.1, 0.15) is 26.7 Å². The molecular formula is C12H10N4. The van der Waals surface area contributed by atoms with Crippen molar-refractivity contribution in [3.8, 4) is 24.3 Å². The minimum Gasteiger partial charge on any atom is -0.192 e. The van der Waals surface area contributed by atoms with Gasteiger partial charge in [0, 0.05) is 0 Å². The Bertz CT molecular complexity index is 415. The standard InChI is InChI=1S/C12H10N4/c1-9(11(5-13)6-14)3-4-10(2)12(7-15)8-16/h3-4H2,1-2H3. The second-order valence-corrected chi connectivity index (χ2v) is 3.26. The molecule has 0 heterocycles. The summed E-state index contributed by atoms with van der Waals surface area (Å²) in [5.74, 6) is 0. The van der Waals surface area contributed by atoms with E-state index in [1.807, 2.05) is 0 Å². The zero-order chi connectivity index (χ0) is 12.6. The van der Waals surface area contributed by atoms with Gasteiger partial charge in [0.25, 0.3) is 0 Å². The normalized spacial score (nSPS) is 7.62. The molecule has 0 aromatic rings. The fourth-order valence-electron chi connectivity index (χ4n) is 1.06. The van der Waals surface area contributed by atoms with Crippen molar-refractivity contribution in [3.63, 3.8) is 0 Å². The lowest BCUT2D eigenvalue weighted by atomic mass is 10.0. The molecule has 78 valence electrons. The van der Waals surface area contributed by atoms with Gasteiger partial charge in [0.2, 0.25) is 0 Å². The van der Waals surface area contributed by atoms with E-state index in [-0.39, 0.29) is 11.1 Å². The molecular weight excluding hydrogens is 200 g/mol. The van der Waals surface area contributed by atoms with E-state index in [0.717, 1.165) is 0 Å². The summed E-state index contributed by atoms with van der Waals surface area (Å²) in [6.07, 6.45) is 1.02. The Morgan fingerprint density at radius 3 is 1.12 bits per heavy atom. The highest BCUT2D eigenvalue weighted by molar-refractivity contribution is 5.41. The van der Waals surface area contributed by atoms with E-state index < -0.39 is 0 Å². The predicted molar refractivity (Wildman–Crippen MR) is 57.1 cm³/mol. The molecule has 0 aliphatic rings. The molecule has 16 heavy (non-hydrogen) atoms. The number of nitriles is 4. The highest BCUT2D eigenvalue weighted by Crippen LogP contribution is 2.16. The van der Waals surface area contributed by atoms with Gasteiger partial charge in [0.15, 0.2) is 0 Å². The summed E-state index contributed by atoms with van der Waals surface area (Å²) >= 11 is 0. The van der Waals surface area contributed by atoms with Crippen LogP contribution in [0.4, 0.5) is 0 Å². The first-order chi connectivity index (χ1) is 7.60. The maximum Gasteiger partial charge on any atom is 0.128 e. The Morgan fingerprint density at radius 1 is 0.688 bits per heavy atom. The van der Waals surface area contributed by atoms with Gasteiger partial charge in [-0.1, -0.05) is 0 Å². The minimum absolute atomic E-state index is 0.100. The molecule has 0 saturated carbocycles. The zero-order valence-corrected chi connectivity index (χ0v) is 9.20. The van der Waals surface area contributed by atoms with E-state index in [0.29, 0.717) is 24.0 Å². The highest BCUT2D eigenvalue weighted by Gasteiger charge is 2.04. The van der Waals surface area contributed by atoms with Crippen molar-refractivity contribution in [2.24, 2.45) is 0 Å². The second-order valence-electron chi connectivity index (χ2n) is 3.26. The summed E-state index contributed by atoms with van der Waals surface area (Å²) in [6.45, 7) is 3.40. The molecule has 0 aromatic heterocycles. The molecule has 0 spiro atoms. The number of hydrogen-bond donors (Lipinski definition) is 0. The van der Waals surface area contributed by atoms with Crippen molar-refractivity contribution >= 4 is 0 Å². The third-order valence-corrected chi connectivity index (χ3v) is 2.18. The number of allylic oxidation sites excluding steroid dienone is 4. The van der Waals surface area contributed by atoms with Crippen LogP contribution in [0.2, 0.25) is 0 Å². The van der Waals surface area contributed by atoms with Crippen molar-refractivity contribution in [2.75, 3.05) is 0 Å². The summed E-state index contributed by atoms with van der Waals surface area (Å²) in [4.78, 5) is 0. The first kappa shape index (κ1) is 13.4. The monoisotopic (exact) mass is 210 g/mol. The quantitative estimate of drug-likeness (QED) is 0.668. The van der Waals surface area contributed by atoms with Crippen LogP contribution in [0, 0.1) is 45.3 Å². The molecule has 0 rings (SSSR count). The molecule has 0 radical (unpaired) electrons. The lowest BCUT2D eigenvalue weighted by Gasteiger charge is -2.01. The van der Waals surface area contributed by atoms with Crippen LogP contribution in [0.5, 0.6) is 0 Å². The first-order valence-corrected chi connectivity index (χ1v) is 4.60. The Hall–Kier alpha value is -2.56. The molecule has 0 aromatic carbocycles. The van der Waals surface area contributed by atoms with Crippen LogP contribution in [-0.2, 0) is 0 Å². The Balaban J connectivity index is 4.78. The first-order valence-electron chi connectivity index (χ1n) is 4.60. The second kappa shape index (κ2) is 6.83. The molecule has 0 bridgehead atoms. The van der Waals surface area contributed by atoms with Gasteiger partial charge < -0.3 is 0 Å².